The predicted molar refractivity (Wildman–Crippen MR) is 50.5 cm³/mol. The highest BCUT2D eigenvalue weighted by molar-refractivity contribution is 6.66. The summed E-state index contributed by atoms with van der Waals surface area (Å²) in [5.41, 5.74) is 1.12. The van der Waals surface area contributed by atoms with Gasteiger partial charge in [0.05, 0.1) is 0 Å². The van der Waals surface area contributed by atoms with Crippen LogP contribution in [0.25, 0.3) is 0 Å². The third-order valence-electron chi connectivity index (χ3n) is 1.44. The fraction of sp³-hybridized carbons (Fsp3) is 0.250. The van der Waals surface area contributed by atoms with Crippen LogP contribution in [-0.2, 0) is 10.5 Å². The van der Waals surface area contributed by atoms with Crippen molar-refractivity contribution in [2.75, 3.05) is 0 Å². The topological polar surface area (TPSA) is 0 Å². The molecule has 0 radical (unpaired) electrons. The van der Waals surface area contributed by atoms with Crippen LogP contribution in [0.3, 0.4) is 0 Å². The van der Waals surface area contributed by atoms with Gasteiger partial charge in [-0.2, -0.15) is 0 Å². The average molecular weight is 227 g/mol. The number of halogens is 4. The monoisotopic (exact) mass is 226 g/mol. The van der Waals surface area contributed by atoms with Crippen LogP contribution in [0.5, 0.6) is 0 Å². The Kier molecular flexibility index (Phi) is 3.22. The standard InChI is InChI=1S/C8H6Cl3F/c9-8(10,11)7-3-1-6(5-12)2-4-7/h1-4H,5H2. The van der Waals surface area contributed by atoms with Crippen molar-refractivity contribution in [3.8, 4) is 0 Å². The van der Waals surface area contributed by atoms with Crippen molar-refractivity contribution in [1.29, 1.82) is 0 Å². The van der Waals surface area contributed by atoms with Crippen molar-refractivity contribution in [2.45, 2.75) is 10.5 Å². The predicted octanol–water partition coefficient (Wildman–Crippen LogP) is 3.98. The molecule has 0 amide bonds. The molecule has 0 spiro atoms. The van der Waals surface area contributed by atoms with Gasteiger partial charge in [-0.15, -0.1) is 0 Å². The zero-order valence-electron chi connectivity index (χ0n) is 6.03. The van der Waals surface area contributed by atoms with E-state index < -0.39 is 10.5 Å². The second-order valence-electron chi connectivity index (χ2n) is 2.33. The molecule has 0 saturated heterocycles. The molecule has 0 nitrogen and oxygen atoms in total. The van der Waals surface area contributed by atoms with Gasteiger partial charge in [-0.05, 0) is 5.56 Å². The molecular weight excluding hydrogens is 221 g/mol. The number of benzene rings is 1. The Morgan fingerprint density at radius 2 is 1.58 bits per heavy atom. The molecule has 4 heteroatoms. The first kappa shape index (κ1) is 10.1. The molecule has 0 fully saturated rings. The molecular formula is C8H6Cl3F. The summed E-state index contributed by atoms with van der Waals surface area (Å²) in [6.07, 6.45) is 0. The molecule has 12 heavy (non-hydrogen) atoms. The van der Waals surface area contributed by atoms with Gasteiger partial charge in [-0.3, -0.25) is 0 Å². The van der Waals surface area contributed by atoms with Gasteiger partial charge in [0.1, 0.15) is 6.67 Å². The van der Waals surface area contributed by atoms with Crippen molar-refractivity contribution >= 4 is 34.8 Å². The lowest BCUT2D eigenvalue weighted by Crippen LogP contribution is -1.99. The summed E-state index contributed by atoms with van der Waals surface area (Å²) < 4.78 is 10.6. The Hall–Kier alpha value is 0.0200. The highest BCUT2D eigenvalue weighted by Gasteiger charge is 2.21. The van der Waals surface area contributed by atoms with Crippen molar-refractivity contribution in [1.82, 2.24) is 0 Å². The highest BCUT2D eigenvalue weighted by atomic mass is 35.6. The zero-order chi connectivity index (χ0) is 9.19. The summed E-state index contributed by atoms with van der Waals surface area (Å²) >= 11 is 16.8. The quantitative estimate of drug-likeness (QED) is 0.637. The molecule has 0 N–H and O–H groups in total. The summed E-state index contributed by atoms with van der Waals surface area (Å²) in [5.74, 6) is 0. The van der Waals surface area contributed by atoms with E-state index in [0.29, 0.717) is 11.1 Å². The van der Waals surface area contributed by atoms with E-state index in [1.807, 2.05) is 0 Å². The average Bonchev–Trinajstić information content (AvgIpc) is 2.03. The molecule has 0 aliphatic heterocycles. The van der Waals surface area contributed by atoms with Crippen LogP contribution < -0.4 is 0 Å². The summed E-state index contributed by atoms with van der Waals surface area (Å²) in [6.45, 7) is -0.500. The van der Waals surface area contributed by atoms with Gasteiger partial charge >= 0.3 is 0 Å². The van der Waals surface area contributed by atoms with Crippen LogP contribution in [0.1, 0.15) is 11.1 Å². The lowest BCUT2D eigenvalue weighted by Gasteiger charge is -2.10. The second kappa shape index (κ2) is 3.82. The third kappa shape index (κ3) is 2.51. The maximum absolute atomic E-state index is 12.1. The van der Waals surface area contributed by atoms with E-state index in [0.717, 1.165) is 0 Å². The summed E-state index contributed by atoms with van der Waals surface area (Å²) in [4.78, 5) is 0. The summed E-state index contributed by atoms with van der Waals surface area (Å²) in [7, 11) is 0. The van der Waals surface area contributed by atoms with E-state index in [2.05, 4.69) is 0 Å². The normalized spacial score (nSPS) is 11.7. The maximum Gasteiger partial charge on any atom is 0.216 e. The van der Waals surface area contributed by atoms with E-state index in [4.69, 9.17) is 34.8 Å². The zero-order valence-corrected chi connectivity index (χ0v) is 8.30. The van der Waals surface area contributed by atoms with Gasteiger partial charge < -0.3 is 0 Å². The largest absolute Gasteiger partial charge is 0.246 e. The van der Waals surface area contributed by atoms with Gasteiger partial charge in [-0.1, -0.05) is 59.1 Å². The molecule has 0 bridgehead atoms. The molecule has 0 heterocycles. The molecule has 0 aliphatic rings. The van der Waals surface area contributed by atoms with Crippen molar-refractivity contribution in [3.63, 3.8) is 0 Å². The van der Waals surface area contributed by atoms with Crippen LogP contribution in [0, 0.1) is 0 Å². The lowest BCUT2D eigenvalue weighted by molar-refractivity contribution is 0.485. The smallest absolute Gasteiger partial charge is 0.216 e. The maximum atomic E-state index is 12.1. The Morgan fingerprint density at radius 1 is 1.08 bits per heavy atom. The molecule has 0 atom stereocenters. The highest BCUT2D eigenvalue weighted by Crippen LogP contribution is 2.37. The SMILES string of the molecule is FCc1ccc(C(Cl)(Cl)Cl)cc1. The Morgan fingerprint density at radius 3 is 1.92 bits per heavy atom. The van der Waals surface area contributed by atoms with Crippen LogP contribution in [0.4, 0.5) is 4.39 Å². The Balaban J connectivity index is 2.93. The lowest BCUT2D eigenvalue weighted by atomic mass is 10.2. The fourth-order valence-electron chi connectivity index (χ4n) is 0.783. The molecule has 66 valence electrons. The first-order chi connectivity index (χ1) is 5.54. The third-order valence-corrected chi connectivity index (χ3v) is 2.09. The van der Waals surface area contributed by atoms with E-state index in [1.54, 1.807) is 24.3 Å². The molecule has 1 aromatic carbocycles. The fourth-order valence-corrected chi connectivity index (χ4v) is 1.16. The molecule has 1 aromatic rings. The van der Waals surface area contributed by atoms with Crippen LogP contribution >= 0.6 is 34.8 Å². The first-order valence-electron chi connectivity index (χ1n) is 3.26. The number of hydrogen-bond acceptors (Lipinski definition) is 0. The van der Waals surface area contributed by atoms with Gasteiger partial charge in [0.2, 0.25) is 3.79 Å². The molecule has 0 unspecified atom stereocenters. The minimum absolute atomic E-state index is 0.500. The van der Waals surface area contributed by atoms with E-state index >= 15 is 0 Å². The molecule has 0 aliphatic carbocycles. The second-order valence-corrected chi connectivity index (χ2v) is 4.61. The number of rotatable bonds is 1. The van der Waals surface area contributed by atoms with Crippen molar-refractivity contribution < 1.29 is 4.39 Å². The Labute approximate surface area is 85.2 Å². The van der Waals surface area contributed by atoms with E-state index in [1.165, 1.54) is 0 Å². The van der Waals surface area contributed by atoms with Gasteiger partial charge in [0.15, 0.2) is 0 Å². The summed E-state index contributed by atoms with van der Waals surface area (Å²) in [6, 6.07) is 6.39. The molecule has 0 saturated carbocycles. The Bertz CT molecular complexity index is 250. The van der Waals surface area contributed by atoms with Gasteiger partial charge in [0.25, 0.3) is 0 Å². The van der Waals surface area contributed by atoms with E-state index in [-0.39, 0.29) is 0 Å². The van der Waals surface area contributed by atoms with Gasteiger partial charge in [0, 0.05) is 5.56 Å². The first-order valence-corrected chi connectivity index (χ1v) is 4.39. The molecule has 1 rings (SSSR count). The van der Waals surface area contributed by atoms with Crippen LogP contribution in [-0.4, -0.2) is 0 Å². The van der Waals surface area contributed by atoms with Crippen LogP contribution in [0.2, 0.25) is 0 Å². The van der Waals surface area contributed by atoms with Gasteiger partial charge in [-0.25, -0.2) is 4.39 Å². The minimum Gasteiger partial charge on any atom is -0.246 e. The minimum atomic E-state index is -1.42. The molecule has 0 aromatic heterocycles. The number of hydrogen-bond donors (Lipinski definition) is 0. The number of alkyl halides is 4. The van der Waals surface area contributed by atoms with Crippen molar-refractivity contribution in [2.24, 2.45) is 0 Å². The van der Waals surface area contributed by atoms with Crippen LogP contribution in [0.15, 0.2) is 24.3 Å². The summed E-state index contributed by atoms with van der Waals surface area (Å²) in [5, 5.41) is 0. The van der Waals surface area contributed by atoms with E-state index in [9.17, 15) is 4.39 Å². The van der Waals surface area contributed by atoms with Crippen molar-refractivity contribution in [3.05, 3.63) is 35.4 Å².